The van der Waals surface area contributed by atoms with Crippen molar-refractivity contribution in [1.29, 1.82) is 0 Å². The molecule has 10 heteroatoms. The summed E-state index contributed by atoms with van der Waals surface area (Å²) in [5.74, 6) is 0.690. The molecule has 0 amide bonds. The summed E-state index contributed by atoms with van der Waals surface area (Å²) in [6.45, 7) is 7.03. The van der Waals surface area contributed by atoms with Crippen molar-refractivity contribution in [3.8, 4) is 0 Å². The predicted octanol–water partition coefficient (Wildman–Crippen LogP) is 3.36. The fourth-order valence-electron chi connectivity index (χ4n) is 2.79. The van der Waals surface area contributed by atoms with Crippen molar-refractivity contribution >= 4 is 41.3 Å². The van der Waals surface area contributed by atoms with E-state index in [-0.39, 0.29) is 24.0 Å². The van der Waals surface area contributed by atoms with Crippen LogP contribution in [0.15, 0.2) is 10.4 Å². The summed E-state index contributed by atoms with van der Waals surface area (Å²) in [6, 6.07) is 0.941. The maximum atomic E-state index is 12.5. The number of rotatable bonds is 5. The van der Waals surface area contributed by atoms with Crippen LogP contribution in [0.25, 0.3) is 0 Å². The number of aromatic nitrogens is 1. The quantitative estimate of drug-likeness (QED) is 0.366. The fourth-order valence-corrected chi connectivity index (χ4v) is 3.60. The molecule has 1 fully saturated rings. The second kappa shape index (κ2) is 10.6. The smallest absolute Gasteiger partial charge is 0.356 e. The minimum atomic E-state index is -4.37. The van der Waals surface area contributed by atoms with E-state index in [1.165, 1.54) is 0 Å². The van der Waals surface area contributed by atoms with Crippen molar-refractivity contribution in [2.24, 2.45) is 4.99 Å². The largest absolute Gasteiger partial charge is 0.434 e. The lowest BCUT2D eigenvalue weighted by molar-refractivity contribution is -0.140. The minimum absolute atomic E-state index is 0. The van der Waals surface area contributed by atoms with Gasteiger partial charge in [0.25, 0.3) is 0 Å². The molecule has 1 saturated heterocycles. The molecule has 26 heavy (non-hydrogen) atoms. The molecule has 0 atom stereocenters. The molecule has 1 aromatic rings. The van der Waals surface area contributed by atoms with Gasteiger partial charge in [0.05, 0.1) is 5.01 Å². The Bertz CT molecular complexity index is 568. The van der Waals surface area contributed by atoms with Crippen LogP contribution < -0.4 is 10.6 Å². The van der Waals surface area contributed by atoms with Gasteiger partial charge in [0.2, 0.25) is 0 Å². The zero-order valence-corrected chi connectivity index (χ0v) is 18.4. The van der Waals surface area contributed by atoms with E-state index in [9.17, 15) is 13.2 Å². The molecule has 2 N–H and O–H groups in total. The van der Waals surface area contributed by atoms with Gasteiger partial charge in [0, 0.05) is 50.6 Å². The number of halogens is 4. The average molecular weight is 505 g/mol. The molecule has 0 aliphatic carbocycles. The number of nitrogens with zero attached hydrogens (tertiary/aromatic N) is 3. The number of guanidine groups is 1. The Morgan fingerprint density at radius 3 is 2.54 bits per heavy atom. The average Bonchev–Trinajstić information content (AvgIpc) is 3.03. The van der Waals surface area contributed by atoms with Gasteiger partial charge in [0.1, 0.15) is 0 Å². The number of alkyl halides is 3. The third kappa shape index (κ3) is 7.18. The van der Waals surface area contributed by atoms with Crippen LogP contribution in [0, 0.1) is 0 Å². The van der Waals surface area contributed by atoms with E-state index < -0.39 is 11.9 Å². The molecule has 1 aliphatic heterocycles. The van der Waals surface area contributed by atoms with Gasteiger partial charge in [-0.3, -0.25) is 4.99 Å². The van der Waals surface area contributed by atoms with Crippen molar-refractivity contribution in [2.75, 3.05) is 26.7 Å². The van der Waals surface area contributed by atoms with Gasteiger partial charge in [-0.05, 0) is 26.7 Å². The van der Waals surface area contributed by atoms with Crippen LogP contribution in [0.1, 0.15) is 37.4 Å². The Morgan fingerprint density at radius 2 is 2.04 bits per heavy atom. The molecule has 1 aromatic heterocycles. The Morgan fingerprint density at radius 1 is 1.38 bits per heavy atom. The summed E-state index contributed by atoms with van der Waals surface area (Å²) < 4.78 is 37.6. The highest BCUT2D eigenvalue weighted by molar-refractivity contribution is 14.0. The van der Waals surface area contributed by atoms with Crippen molar-refractivity contribution < 1.29 is 13.2 Å². The van der Waals surface area contributed by atoms with E-state index >= 15 is 0 Å². The van der Waals surface area contributed by atoms with Gasteiger partial charge >= 0.3 is 6.18 Å². The van der Waals surface area contributed by atoms with Crippen molar-refractivity contribution in [2.45, 2.75) is 51.4 Å². The van der Waals surface area contributed by atoms with Crippen LogP contribution in [0.3, 0.4) is 0 Å². The number of likely N-dealkylation sites (tertiary alicyclic amines) is 1. The molecule has 2 heterocycles. The van der Waals surface area contributed by atoms with Crippen molar-refractivity contribution in [1.82, 2.24) is 20.5 Å². The third-order valence-corrected chi connectivity index (χ3v) is 5.21. The predicted molar refractivity (Wildman–Crippen MR) is 110 cm³/mol. The van der Waals surface area contributed by atoms with Gasteiger partial charge in [-0.2, -0.15) is 13.2 Å². The molecule has 150 valence electrons. The van der Waals surface area contributed by atoms with E-state index in [1.54, 1.807) is 7.05 Å². The summed E-state index contributed by atoms with van der Waals surface area (Å²) in [5, 5.41) is 8.09. The van der Waals surface area contributed by atoms with E-state index in [0.717, 1.165) is 42.6 Å². The molecule has 2 rings (SSSR count). The molecular weight excluding hydrogens is 478 g/mol. The number of nitrogens with one attached hydrogen (secondary N) is 2. The molecule has 0 radical (unpaired) electrons. The molecule has 0 unspecified atom stereocenters. The lowest BCUT2D eigenvalue weighted by Gasteiger charge is -2.35. The number of aliphatic imine (C=N–C) groups is 1. The first-order valence-electron chi connectivity index (χ1n) is 8.52. The monoisotopic (exact) mass is 505 g/mol. The molecule has 5 nitrogen and oxygen atoms in total. The van der Waals surface area contributed by atoms with E-state index in [0.29, 0.717) is 36.0 Å². The highest BCUT2D eigenvalue weighted by Crippen LogP contribution is 2.29. The lowest BCUT2D eigenvalue weighted by atomic mass is 10.0. The van der Waals surface area contributed by atoms with Crippen LogP contribution >= 0.6 is 35.3 Å². The van der Waals surface area contributed by atoms with Crippen LogP contribution in [-0.2, 0) is 12.6 Å². The second-order valence-corrected chi connectivity index (χ2v) is 7.36. The molecular formula is C16H27F3IN5S. The molecule has 0 spiro atoms. The fraction of sp³-hybridized carbons (Fsp3) is 0.750. The van der Waals surface area contributed by atoms with Crippen molar-refractivity contribution in [3.05, 3.63) is 16.1 Å². The van der Waals surface area contributed by atoms with Gasteiger partial charge in [-0.1, -0.05) is 0 Å². The molecule has 1 aliphatic rings. The highest BCUT2D eigenvalue weighted by Gasteiger charge is 2.33. The Hall–Kier alpha value is -0.620. The standard InChI is InChI=1S/C16H26F3N5S.HI/c1-11(2)24-8-5-12(6-9-24)22-15(20-3)21-7-4-14-23-13(10-25-14)16(17,18)19;/h10-12H,4-9H2,1-3H3,(H2,20,21,22);1H. The number of hydrogen-bond donors (Lipinski definition) is 2. The summed E-state index contributed by atoms with van der Waals surface area (Å²) in [5.41, 5.74) is -0.813. The third-order valence-electron chi connectivity index (χ3n) is 4.30. The molecule has 0 aromatic carbocycles. The molecule has 0 bridgehead atoms. The Labute approximate surface area is 173 Å². The lowest BCUT2D eigenvalue weighted by Crippen LogP contribution is -2.50. The summed E-state index contributed by atoms with van der Waals surface area (Å²) in [4.78, 5) is 10.3. The van der Waals surface area contributed by atoms with Gasteiger partial charge in [-0.15, -0.1) is 35.3 Å². The SMILES string of the molecule is CN=C(NCCc1nc(C(F)(F)F)cs1)NC1CCN(C(C)C)CC1.I. The Kier molecular flexibility index (Phi) is 9.59. The first-order chi connectivity index (χ1) is 11.8. The molecule has 0 saturated carbocycles. The maximum absolute atomic E-state index is 12.5. The normalized spacial score (nSPS) is 17.3. The summed E-state index contributed by atoms with van der Waals surface area (Å²) >= 11 is 1.04. The first kappa shape index (κ1) is 23.4. The van der Waals surface area contributed by atoms with E-state index in [4.69, 9.17) is 0 Å². The van der Waals surface area contributed by atoms with Gasteiger partial charge in [0.15, 0.2) is 11.7 Å². The number of piperidine rings is 1. The van der Waals surface area contributed by atoms with Crippen LogP contribution in [0.2, 0.25) is 0 Å². The first-order valence-corrected chi connectivity index (χ1v) is 9.40. The van der Waals surface area contributed by atoms with Crippen LogP contribution in [-0.4, -0.2) is 54.6 Å². The van der Waals surface area contributed by atoms with E-state index in [2.05, 4.69) is 39.4 Å². The van der Waals surface area contributed by atoms with Gasteiger partial charge < -0.3 is 15.5 Å². The van der Waals surface area contributed by atoms with Gasteiger partial charge in [-0.25, -0.2) is 4.98 Å². The summed E-state index contributed by atoms with van der Waals surface area (Å²) in [7, 11) is 1.70. The van der Waals surface area contributed by atoms with Crippen LogP contribution in [0.5, 0.6) is 0 Å². The highest BCUT2D eigenvalue weighted by atomic mass is 127. The minimum Gasteiger partial charge on any atom is -0.356 e. The zero-order valence-electron chi connectivity index (χ0n) is 15.3. The second-order valence-electron chi connectivity index (χ2n) is 6.42. The van der Waals surface area contributed by atoms with Crippen LogP contribution in [0.4, 0.5) is 13.2 Å². The van der Waals surface area contributed by atoms with Crippen molar-refractivity contribution in [3.63, 3.8) is 0 Å². The zero-order chi connectivity index (χ0) is 18.4. The number of hydrogen-bond acceptors (Lipinski definition) is 4. The topological polar surface area (TPSA) is 52.6 Å². The maximum Gasteiger partial charge on any atom is 0.434 e. The van der Waals surface area contributed by atoms with E-state index in [1.807, 2.05) is 0 Å². The summed E-state index contributed by atoms with van der Waals surface area (Å²) in [6.07, 6.45) is -1.82. The Balaban J connectivity index is 0.00000338. The number of thiazole rings is 1.